The number of halogens is 3. The molecule has 0 bridgehead atoms. The maximum absolute atomic E-state index is 14.2. The lowest BCUT2D eigenvalue weighted by molar-refractivity contribution is -0.000622. The van der Waals surface area contributed by atoms with Gasteiger partial charge >= 0.3 is 0 Å². The quantitative estimate of drug-likeness (QED) is 0.794. The summed E-state index contributed by atoms with van der Waals surface area (Å²) in [5.41, 5.74) is 0.701. The Morgan fingerprint density at radius 2 is 1.68 bits per heavy atom. The third kappa shape index (κ3) is 3.44. The third-order valence-electron chi connectivity index (χ3n) is 4.57. The van der Waals surface area contributed by atoms with Crippen molar-refractivity contribution in [3.8, 4) is 11.5 Å². The topological polar surface area (TPSA) is 27.7 Å². The van der Waals surface area contributed by atoms with Gasteiger partial charge in [-0.1, -0.05) is 6.07 Å². The molecule has 1 fully saturated rings. The first-order valence-corrected chi connectivity index (χ1v) is 8.02. The molecule has 2 aromatic carbocycles. The largest absolute Gasteiger partial charge is 0.497 e. The van der Waals surface area contributed by atoms with E-state index >= 15 is 0 Å². The molecule has 6 heteroatoms. The van der Waals surface area contributed by atoms with Gasteiger partial charge in [0, 0.05) is 17.5 Å². The summed E-state index contributed by atoms with van der Waals surface area (Å²) in [6, 6.07) is 7.56. The number of benzene rings is 2. The molecule has 0 spiro atoms. The number of hydrogen-bond acceptors (Lipinski definition) is 3. The third-order valence-corrected chi connectivity index (χ3v) is 4.57. The molecule has 3 nitrogen and oxygen atoms in total. The van der Waals surface area contributed by atoms with E-state index in [9.17, 15) is 13.2 Å². The van der Waals surface area contributed by atoms with Gasteiger partial charge in [0.1, 0.15) is 11.6 Å². The highest BCUT2D eigenvalue weighted by atomic mass is 19.2. The van der Waals surface area contributed by atoms with Crippen molar-refractivity contribution in [1.29, 1.82) is 0 Å². The van der Waals surface area contributed by atoms with E-state index in [0.717, 1.165) is 0 Å². The predicted molar refractivity (Wildman–Crippen MR) is 86.5 cm³/mol. The number of methoxy groups -OCH3 is 2. The zero-order valence-corrected chi connectivity index (χ0v) is 14.0. The molecule has 0 aromatic heterocycles. The highest BCUT2D eigenvalue weighted by Gasteiger charge is 2.29. The Balaban J connectivity index is 1.73. The van der Waals surface area contributed by atoms with E-state index in [0.29, 0.717) is 24.2 Å². The van der Waals surface area contributed by atoms with E-state index in [1.807, 2.05) is 0 Å². The Labute approximate surface area is 144 Å². The molecule has 1 heterocycles. The highest BCUT2D eigenvalue weighted by molar-refractivity contribution is 5.34. The van der Waals surface area contributed by atoms with Gasteiger partial charge in [0.15, 0.2) is 11.6 Å². The van der Waals surface area contributed by atoms with Crippen molar-refractivity contribution in [2.24, 2.45) is 0 Å². The van der Waals surface area contributed by atoms with Crippen LogP contribution < -0.4 is 9.47 Å². The summed E-state index contributed by atoms with van der Waals surface area (Å²) in [6.07, 6.45) is 0.526. The normalized spacial score (nSPS) is 20.4. The summed E-state index contributed by atoms with van der Waals surface area (Å²) in [5.74, 6) is -2.16. The van der Waals surface area contributed by atoms with E-state index in [2.05, 4.69) is 0 Å². The van der Waals surface area contributed by atoms with Crippen molar-refractivity contribution in [2.75, 3.05) is 20.8 Å². The first kappa shape index (κ1) is 17.6. The second-order valence-corrected chi connectivity index (χ2v) is 5.97. The molecule has 0 amide bonds. The van der Waals surface area contributed by atoms with Gasteiger partial charge in [-0.15, -0.1) is 0 Å². The van der Waals surface area contributed by atoms with Crippen LogP contribution in [-0.2, 0) is 4.74 Å². The molecule has 25 heavy (non-hydrogen) atoms. The van der Waals surface area contributed by atoms with E-state index in [1.165, 1.54) is 32.4 Å². The standard InChI is InChI=1S/C19H19F3O3/c1-23-12-4-5-13(15(20)9-12)11-3-7-16(25-10-11)14-6-8-17(24-2)19(22)18(14)21/h4-6,8-9,11,16H,3,7,10H2,1-2H3. The second-order valence-electron chi connectivity index (χ2n) is 5.97. The summed E-state index contributed by atoms with van der Waals surface area (Å²) in [5, 5.41) is 0. The molecule has 2 atom stereocenters. The molecule has 1 saturated heterocycles. The molecule has 3 rings (SSSR count). The first-order valence-electron chi connectivity index (χ1n) is 8.02. The summed E-state index contributed by atoms with van der Waals surface area (Å²) < 4.78 is 57.7. The lowest BCUT2D eigenvalue weighted by atomic mass is 9.89. The van der Waals surface area contributed by atoms with Crippen molar-refractivity contribution in [3.63, 3.8) is 0 Å². The molecule has 1 aliphatic rings. The Morgan fingerprint density at radius 1 is 0.920 bits per heavy atom. The molecular formula is C19H19F3O3. The van der Waals surface area contributed by atoms with Gasteiger partial charge in [0.25, 0.3) is 0 Å². The number of ether oxygens (including phenoxy) is 3. The fourth-order valence-corrected chi connectivity index (χ4v) is 3.16. The minimum atomic E-state index is -1.02. The zero-order valence-electron chi connectivity index (χ0n) is 14.0. The van der Waals surface area contributed by atoms with E-state index in [1.54, 1.807) is 12.1 Å². The highest BCUT2D eigenvalue weighted by Crippen LogP contribution is 2.38. The van der Waals surface area contributed by atoms with E-state index < -0.39 is 17.7 Å². The molecule has 134 valence electrons. The van der Waals surface area contributed by atoms with Crippen LogP contribution in [-0.4, -0.2) is 20.8 Å². The molecular weight excluding hydrogens is 333 g/mol. The molecule has 0 saturated carbocycles. The van der Waals surface area contributed by atoms with Crippen LogP contribution >= 0.6 is 0 Å². The monoisotopic (exact) mass is 352 g/mol. The van der Waals surface area contributed by atoms with Crippen molar-refractivity contribution in [2.45, 2.75) is 24.9 Å². The molecule has 2 aromatic rings. The van der Waals surface area contributed by atoms with Crippen molar-refractivity contribution in [1.82, 2.24) is 0 Å². The van der Waals surface area contributed by atoms with Gasteiger partial charge in [-0.3, -0.25) is 0 Å². The van der Waals surface area contributed by atoms with Gasteiger partial charge in [0.2, 0.25) is 5.82 Å². The summed E-state index contributed by atoms with van der Waals surface area (Å²) in [6.45, 7) is 0.237. The van der Waals surface area contributed by atoms with Gasteiger partial charge in [-0.05, 0) is 36.6 Å². The van der Waals surface area contributed by atoms with Gasteiger partial charge in [-0.25, -0.2) is 8.78 Å². The smallest absolute Gasteiger partial charge is 0.200 e. The Morgan fingerprint density at radius 3 is 2.28 bits per heavy atom. The van der Waals surface area contributed by atoms with Crippen LogP contribution in [0.3, 0.4) is 0 Å². The van der Waals surface area contributed by atoms with Crippen LogP contribution in [0.1, 0.15) is 36.0 Å². The summed E-state index contributed by atoms with van der Waals surface area (Å²) in [7, 11) is 2.76. The van der Waals surface area contributed by atoms with Crippen LogP contribution in [0.15, 0.2) is 30.3 Å². The van der Waals surface area contributed by atoms with E-state index in [4.69, 9.17) is 14.2 Å². The van der Waals surface area contributed by atoms with Crippen LogP contribution in [0.2, 0.25) is 0 Å². The van der Waals surface area contributed by atoms with Crippen molar-refractivity contribution >= 4 is 0 Å². The van der Waals surface area contributed by atoms with Gasteiger partial charge in [-0.2, -0.15) is 4.39 Å². The molecule has 2 unspecified atom stereocenters. The SMILES string of the molecule is COc1ccc(C2CCC(c3ccc(OC)c(F)c3F)OC2)c(F)c1. The zero-order chi connectivity index (χ0) is 18.0. The average Bonchev–Trinajstić information content (AvgIpc) is 2.64. The Hall–Kier alpha value is -2.21. The summed E-state index contributed by atoms with van der Waals surface area (Å²) in [4.78, 5) is 0. The van der Waals surface area contributed by atoms with Crippen LogP contribution in [0.5, 0.6) is 11.5 Å². The molecule has 0 aliphatic carbocycles. The van der Waals surface area contributed by atoms with Crippen molar-refractivity contribution in [3.05, 3.63) is 58.9 Å². The summed E-state index contributed by atoms with van der Waals surface area (Å²) >= 11 is 0. The second kappa shape index (κ2) is 7.35. The van der Waals surface area contributed by atoms with Gasteiger partial charge < -0.3 is 14.2 Å². The number of hydrogen-bond donors (Lipinski definition) is 0. The lowest BCUT2D eigenvalue weighted by Gasteiger charge is -2.30. The lowest BCUT2D eigenvalue weighted by Crippen LogP contribution is -2.21. The molecule has 0 N–H and O–H groups in total. The average molecular weight is 352 g/mol. The van der Waals surface area contributed by atoms with Crippen LogP contribution in [0, 0.1) is 17.5 Å². The van der Waals surface area contributed by atoms with Crippen molar-refractivity contribution < 1.29 is 27.4 Å². The molecule has 1 aliphatic heterocycles. The maximum atomic E-state index is 14.2. The molecule has 0 radical (unpaired) electrons. The Bertz CT molecular complexity index is 756. The fourth-order valence-electron chi connectivity index (χ4n) is 3.16. The minimum absolute atomic E-state index is 0.131. The predicted octanol–water partition coefficient (Wildman–Crippen LogP) is 4.76. The number of rotatable bonds is 4. The van der Waals surface area contributed by atoms with Crippen LogP contribution in [0.25, 0.3) is 0 Å². The van der Waals surface area contributed by atoms with E-state index in [-0.39, 0.29) is 29.7 Å². The van der Waals surface area contributed by atoms with Crippen LogP contribution in [0.4, 0.5) is 13.2 Å². The Kier molecular flexibility index (Phi) is 5.18. The minimum Gasteiger partial charge on any atom is -0.497 e. The fraction of sp³-hybridized carbons (Fsp3) is 0.368. The first-order chi connectivity index (χ1) is 12.0. The van der Waals surface area contributed by atoms with Gasteiger partial charge in [0.05, 0.1) is 26.9 Å². The maximum Gasteiger partial charge on any atom is 0.200 e.